The van der Waals surface area contributed by atoms with Gasteiger partial charge in [0, 0.05) is 37.4 Å². The number of amides is 1. The second-order valence-electron chi connectivity index (χ2n) is 4.39. The summed E-state index contributed by atoms with van der Waals surface area (Å²) in [6.07, 6.45) is 2.73. The lowest BCUT2D eigenvalue weighted by Crippen LogP contribution is -2.26. The Morgan fingerprint density at radius 2 is 1.89 bits per heavy atom. The highest BCUT2D eigenvalue weighted by molar-refractivity contribution is 5.85. The van der Waals surface area contributed by atoms with E-state index in [-0.39, 0.29) is 24.8 Å². The first kappa shape index (κ1) is 17.9. The summed E-state index contributed by atoms with van der Waals surface area (Å²) >= 11 is 0. The van der Waals surface area contributed by atoms with E-state index in [1.165, 1.54) is 0 Å². The molecule has 0 unspecified atom stereocenters. The van der Waals surface area contributed by atoms with Crippen molar-refractivity contribution in [1.29, 1.82) is 0 Å². The van der Waals surface area contributed by atoms with Gasteiger partial charge in [-0.05, 0) is 37.1 Å². The Kier molecular flexibility index (Phi) is 8.35. The molecule has 3 N–H and O–H groups in total. The molecule has 0 aliphatic carbocycles. The Hall–Kier alpha value is -1.13. The second kappa shape index (κ2) is 8.88. The summed E-state index contributed by atoms with van der Waals surface area (Å²) in [6, 6.07) is 7.70. The van der Waals surface area contributed by atoms with Crippen molar-refractivity contribution in [2.45, 2.75) is 19.3 Å². The van der Waals surface area contributed by atoms with E-state index in [4.69, 9.17) is 5.73 Å². The number of nitrogens with two attached hydrogens (primary N) is 1. The molecular weight excluding hydrogens is 285 g/mol. The summed E-state index contributed by atoms with van der Waals surface area (Å²) in [7, 11) is 0. The lowest BCUT2D eigenvalue weighted by Gasteiger charge is -2.15. The van der Waals surface area contributed by atoms with Crippen LogP contribution in [0.15, 0.2) is 24.3 Å². The molecule has 1 fully saturated rings. The molecule has 1 heterocycles. The SMILES string of the molecule is Cl.Cl.Nc1ccc(NCCCN2CCCC2=O)cc1. The molecule has 0 spiro atoms. The summed E-state index contributed by atoms with van der Waals surface area (Å²) in [5.74, 6) is 0.303. The molecule has 1 amide bonds. The third-order valence-electron chi connectivity index (χ3n) is 3.02. The highest BCUT2D eigenvalue weighted by Gasteiger charge is 2.18. The summed E-state index contributed by atoms with van der Waals surface area (Å²) < 4.78 is 0. The van der Waals surface area contributed by atoms with Gasteiger partial charge in [-0.1, -0.05) is 0 Å². The number of nitrogens with one attached hydrogen (secondary N) is 1. The number of rotatable bonds is 5. The first-order valence-corrected chi connectivity index (χ1v) is 6.13. The molecule has 0 aromatic heterocycles. The molecule has 0 atom stereocenters. The van der Waals surface area contributed by atoms with E-state index in [0.29, 0.717) is 5.91 Å². The van der Waals surface area contributed by atoms with E-state index >= 15 is 0 Å². The lowest BCUT2D eigenvalue weighted by molar-refractivity contribution is -0.127. The van der Waals surface area contributed by atoms with Gasteiger partial charge in [0.15, 0.2) is 0 Å². The van der Waals surface area contributed by atoms with Crippen molar-refractivity contribution in [3.05, 3.63) is 24.3 Å². The van der Waals surface area contributed by atoms with Gasteiger partial charge in [0.2, 0.25) is 5.91 Å². The molecule has 0 saturated carbocycles. The van der Waals surface area contributed by atoms with Gasteiger partial charge in [0.1, 0.15) is 0 Å². The van der Waals surface area contributed by atoms with Gasteiger partial charge < -0.3 is 16.0 Å². The molecule has 1 aliphatic rings. The number of nitrogen functional groups attached to an aromatic ring is 1. The van der Waals surface area contributed by atoms with Crippen LogP contribution in [0.5, 0.6) is 0 Å². The summed E-state index contributed by atoms with van der Waals surface area (Å²) in [4.78, 5) is 13.3. The zero-order valence-corrected chi connectivity index (χ0v) is 12.4. The number of hydrogen-bond acceptors (Lipinski definition) is 3. The van der Waals surface area contributed by atoms with Crippen LogP contribution in [0.3, 0.4) is 0 Å². The highest BCUT2D eigenvalue weighted by Crippen LogP contribution is 2.12. The van der Waals surface area contributed by atoms with Crippen molar-refractivity contribution in [2.75, 3.05) is 30.7 Å². The van der Waals surface area contributed by atoms with Gasteiger partial charge in [-0.2, -0.15) is 0 Å². The molecule has 4 nitrogen and oxygen atoms in total. The minimum atomic E-state index is 0. The van der Waals surface area contributed by atoms with Gasteiger partial charge in [-0.25, -0.2) is 0 Å². The standard InChI is InChI=1S/C13H19N3O.2ClH/c14-11-4-6-12(7-5-11)15-8-2-10-16-9-1-3-13(16)17;;/h4-7,15H,1-3,8-10,14H2;2*1H. The number of nitrogens with zero attached hydrogens (tertiary/aromatic N) is 1. The molecule has 0 bridgehead atoms. The molecule has 1 saturated heterocycles. The van der Waals surface area contributed by atoms with Gasteiger partial charge in [0.25, 0.3) is 0 Å². The molecule has 6 heteroatoms. The third kappa shape index (κ3) is 5.57. The van der Waals surface area contributed by atoms with Crippen LogP contribution in [0.2, 0.25) is 0 Å². The first-order valence-electron chi connectivity index (χ1n) is 6.13. The number of likely N-dealkylation sites (tertiary alicyclic amines) is 1. The fraction of sp³-hybridized carbons (Fsp3) is 0.462. The fourth-order valence-corrected chi connectivity index (χ4v) is 2.04. The highest BCUT2D eigenvalue weighted by atomic mass is 35.5. The van der Waals surface area contributed by atoms with Crippen LogP contribution in [0.1, 0.15) is 19.3 Å². The van der Waals surface area contributed by atoms with Crippen molar-refractivity contribution < 1.29 is 4.79 Å². The Morgan fingerprint density at radius 1 is 1.21 bits per heavy atom. The van der Waals surface area contributed by atoms with Crippen LogP contribution in [0, 0.1) is 0 Å². The largest absolute Gasteiger partial charge is 0.399 e. The second-order valence-corrected chi connectivity index (χ2v) is 4.39. The first-order chi connectivity index (χ1) is 8.25. The Labute approximate surface area is 126 Å². The number of halogens is 2. The Balaban J connectivity index is 0.00000162. The van der Waals surface area contributed by atoms with E-state index in [1.807, 2.05) is 29.2 Å². The van der Waals surface area contributed by atoms with Crippen LogP contribution in [0.25, 0.3) is 0 Å². The van der Waals surface area contributed by atoms with Crippen molar-refractivity contribution in [3.8, 4) is 0 Å². The predicted molar refractivity (Wildman–Crippen MR) is 84.3 cm³/mol. The number of benzene rings is 1. The smallest absolute Gasteiger partial charge is 0.222 e. The average molecular weight is 306 g/mol. The van der Waals surface area contributed by atoms with Gasteiger partial charge >= 0.3 is 0 Å². The number of carbonyl (C=O) groups is 1. The molecule has 2 rings (SSSR count). The zero-order chi connectivity index (χ0) is 12.1. The maximum atomic E-state index is 11.4. The monoisotopic (exact) mass is 305 g/mol. The van der Waals surface area contributed by atoms with Crippen molar-refractivity contribution in [3.63, 3.8) is 0 Å². The van der Waals surface area contributed by atoms with Crippen LogP contribution >= 0.6 is 24.8 Å². The number of hydrogen-bond donors (Lipinski definition) is 2. The van der Waals surface area contributed by atoms with Crippen molar-refractivity contribution in [1.82, 2.24) is 4.90 Å². The van der Waals surface area contributed by atoms with Crippen LogP contribution in [-0.4, -0.2) is 30.4 Å². The quantitative estimate of drug-likeness (QED) is 0.649. The van der Waals surface area contributed by atoms with E-state index in [1.54, 1.807) is 0 Å². The number of carbonyl (C=O) groups excluding carboxylic acids is 1. The maximum absolute atomic E-state index is 11.4. The van der Waals surface area contributed by atoms with Crippen molar-refractivity contribution in [2.24, 2.45) is 0 Å². The molecular formula is C13H21Cl2N3O. The van der Waals surface area contributed by atoms with Gasteiger partial charge in [-0.15, -0.1) is 24.8 Å². The third-order valence-corrected chi connectivity index (χ3v) is 3.02. The topological polar surface area (TPSA) is 58.4 Å². The van der Waals surface area contributed by atoms with E-state index in [9.17, 15) is 4.79 Å². The molecule has 1 aliphatic heterocycles. The minimum absolute atomic E-state index is 0. The summed E-state index contributed by atoms with van der Waals surface area (Å²) in [5.41, 5.74) is 7.46. The molecule has 1 aromatic rings. The molecule has 1 aromatic carbocycles. The summed E-state index contributed by atoms with van der Waals surface area (Å²) in [5, 5.41) is 3.32. The number of anilines is 2. The van der Waals surface area contributed by atoms with Crippen molar-refractivity contribution >= 4 is 42.1 Å². The fourth-order valence-electron chi connectivity index (χ4n) is 2.04. The normalized spacial score (nSPS) is 13.7. The predicted octanol–water partition coefficient (Wildman–Crippen LogP) is 2.54. The maximum Gasteiger partial charge on any atom is 0.222 e. The van der Waals surface area contributed by atoms with E-state index < -0.39 is 0 Å². The Morgan fingerprint density at radius 3 is 2.47 bits per heavy atom. The summed E-state index contributed by atoms with van der Waals surface area (Å²) in [6.45, 7) is 2.68. The van der Waals surface area contributed by atoms with Crippen LogP contribution < -0.4 is 11.1 Å². The Bertz CT molecular complexity index is 384. The zero-order valence-electron chi connectivity index (χ0n) is 10.8. The lowest BCUT2D eigenvalue weighted by atomic mass is 10.3. The van der Waals surface area contributed by atoms with Gasteiger partial charge in [0.05, 0.1) is 0 Å². The molecule has 0 radical (unpaired) electrons. The van der Waals surface area contributed by atoms with E-state index in [2.05, 4.69) is 5.32 Å². The van der Waals surface area contributed by atoms with Crippen LogP contribution in [0.4, 0.5) is 11.4 Å². The molecule has 19 heavy (non-hydrogen) atoms. The van der Waals surface area contributed by atoms with E-state index in [0.717, 1.165) is 50.3 Å². The average Bonchev–Trinajstić information content (AvgIpc) is 2.73. The van der Waals surface area contributed by atoms with Crippen LogP contribution in [-0.2, 0) is 4.79 Å². The molecule has 108 valence electrons. The minimum Gasteiger partial charge on any atom is -0.399 e. The van der Waals surface area contributed by atoms with Gasteiger partial charge in [-0.3, -0.25) is 4.79 Å².